The Morgan fingerprint density at radius 1 is 1.15 bits per heavy atom. The molecule has 4 nitrogen and oxygen atoms in total. The maximum atomic E-state index is 13.2. The van der Waals surface area contributed by atoms with Gasteiger partial charge >= 0.3 is 0 Å². The van der Waals surface area contributed by atoms with E-state index in [9.17, 15) is 4.79 Å². The average molecular weight is 414 g/mol. The van der Waals surface area contributed by atoms with Gasteiger partial charge in [0.05, 0.1) is 12.7 Å². The van der Waals surface area contributed by atoms with Crippen LogP contribution < -0.4 is 4.74 Å². The third-order valence-corrected chi connectivity index (χ3v) is 4.83. The number of rotatable bonds is 5. The van der Waals surface area contributed by atoms with Gasteiger partial charge in [0.1, 0.15) is 17.1 Å². The van der Waals surface area contributed by atoms with Gasteiger partial charge in [-0.05, 0) is 49.4 Å². The van der Waals surface area contributed by atoms with Gasteiger partial charge in [-0.15, -0.1) is 0 Å². The van der Waals surface area contributed by atoms with Crippen LogP contribution in [0.1, 0.15) is 28.6 Å². The Balaban J connectivity index is 2.23. The van der Waals surface area contributed by atoms with Crippen LogP contribution in [0.3, 0.4) is 0 Å². The summed E-state index contributed by atoms with van der Waals surface area (Å²) in [7, 11) is 5.51. The molecule has 134 valence electrons. The van der Waals surface area contributed by atoms with Crippen LogP contribution in [0.2, 0.25) is 0 Å². The highest BCUT2D eigenvalue weighted by molar-refractivity contribution is 9.10. The molecule has 1 heterocycles. The molecule has 0 N–H and O–H groups in total. The van der Waals surface area contributed by atoms with Gasteiger partial charge in [-0.3, -0.25) is 4.79 Å². The first-order valence-corrected chi connectivity index (χ1v) is 8.96. The Labute approximate surface area is 161 Å². The van der Waals surface area contributed by atoms with Crippen molar-refractivity contribution in [2.75, 3.05) is 21.2 Å². The smallest absolute Gasteiger partial charge is 0.197 e. The summed E-state index contributed by atoms with van der Waals surface area (Å²) in [5.41, 5.74) is 2.79. The molecule has 0 saturated carbocycles. The summed E-state index contributed by atoms with van der Waals surface area (Å²) < 4.78 is 12.2. The summed E-state index contributed by atoms with van der Waals surface area (Å²) >= 11 is 3.40. The van der Waals surface area contributed by atoms with Gasteiger partial charge in [-0.25, -0.2) is 0 Å². The molecule has 0 aliphatic heterocycles. The molecule has 0 aliphatic carbocycles. The van der Waals surface area contributed by atoms with Crippen LogP contribution in [-0.4, -0.2) is 31.9 Å². The normalized spacial score (nSPS) is 11.7. The molecule has 26 heavy (non-hydrogen) atoms. The molecule has 1 aromatic heterocycles. The molecule has 3 aromatic rings. The van der Waals surface area contributed by atoms with E-state index in [1.807, 2.05) is 62.3 Å². The monoisotopic (exact) mass is 413 g/mol. The highest BCUT2D eigenvalue weighted by atomic mass is 79.9. The summed E-state index contributed by atoms with van der Waals surface area (Å²) in [6.07, 6.45) is 1.89. The van der Waals surface area contributed by atoms with Crippen molar-refractivity contribution in [1.82, 2.24) is 4.90 Å². The zero-order chi connectivity index (χ0) is 18.8. The van der Waals surface area contributed by atoms with E-state index in [4.69, 9.17) is 9.15 Å². The molecule has 0 spiro atoms. The lowest BCUT2D eigenvalue weighted by Gasteiger charge is -2.12. The summed E-state index contributed by atoms with van der Waals surface area (Å²) in [6, 6.07) is 12.8. The SMILES string of the molecule is COc1ccc2oc(/C=C(\C)N(C)C)c(C(=O)c3ccc(Br)cc3)c2c1. The fraction of sp³-hybridized carbons (Fsp3) is 0.190. The number of hydrogen-bond donors (Lipinski definition) is 0. The van der Waals surface area contributed by atoms with Crippen LogP contribution in [0.4, 0.5) is 0 Å². The molecule has 0 fully saturated rings. The van der Waals surface area contributed by atoms with Crippen LogP contribution in [0, 0.1) is 0 Å². The van der Waals surface area contributed by atoms with Gasteiger partial charge in [0.25, 0.3) is 0 Å². The Hall–Kier alpha value is -2.53. The number of nitrogens with zero attached hydrogens (tertiary/aromatic N) is 1. The largest absolute Gasteiger partial charge is 0.497 e. The molecular weight excluding hydrogens is 394 g/mol. The van der Waals surface area contributed by atoms with Crippen LogP contribution in [0.15, 0.2) is 57.1 Å². The van der Waals surface area contributed by atoms with Crippen LogP contribution in [-0.2, 0) is 0 Å². The number of carbonyl (C=O) groups excluding carboxylic acids is 1. The van der Waals surface area contributed by atoms with E-state index in [1.54, 1.807) is 19.2 Å². The quantitative estimate of drug-likeness (QED) is 0.528. The zero-order valence-electron chi connectivity index (χ0n) is 15.2. The van der Waals surface area contributed by atoms with E-state index >= 15 is 0 Å². The predicted octanol–water partition coefficient (Wildman–Crippen LogP) is 5.36. The Kier molecular flexibility index (Phi) is 5.18. The first-order valence-electron chi connectivity index (χ1n) is 8.17. The third kappa shape index (κ3) is 3.53. The number of furan rings is 1. The van der Waals surface area contributed by atoms with Gasteiger partial charge in [0, 0.05) is 41.3 Å². The Morgan fingerprint density at radius 2 is 1.85 bits per heavy atom. The minimum Gasteiger partial charge on any atom is -0.497 e. The highest BCUT2D eigenvalue weighted by Crippen LogP contribution is 2.32. The summed E-state index contributed by atoms with van der Waals surface area (Å²) in [4.78, 5) is 15.2. The second-order valence-corrected chi connectivity index (χ2v) is 7.14. The predicted molar refractivity (Wildman–Crippen MR) is 108 cm³/mol. The lowest BCUT2D eigenvalue weighted by molar-refractivity contribution is 0.103. The topological polar surface area (TPSA) is 42.7 Å². The number of hydrogen-bond acceptors (Lipinski definition) is 4. The minimum absolute atomic E-state index is 0.0812. The highest BCUT2D eigenvalue weighted by Gasteiger charge is 2.22. The number of fused-ring (bicyclic) bond motifs is 1. The van der Waals surface area contributed by atoms with Gasteiger partial charge in [-0.2, -0.15) is 0 Å². The van der Waals surface area contributed by atoms with Crippen LogP contribution in [0.25, 0.3) is 17.0 Å². The van der Waals surface area contributed by atoms with Crippen molar-refractivity contribution in [3.8, 4) is 5.75 Å². The number of ketones is 1. The van der Waals surface area contributed by atoms with E-state index in [-0.39, 0.29) is 5.78 Å². The van der Waals surface area contributed by atoms with Crippen molar-refractivity contribution < 1.29 is 13.9 Å². The van der Waals surface area contributed by atoms with Gasteiger partial charge in [0.2, 0.25) is 0 Å². The van der Waals surface area contributed by atoms with Crippen molar-refractivity contribution >= 4 is 38.8 Å². The molecular formula is C21H20BrNO3. The first-order chi connectivity index (χ1) is 12.4. The van der Waals surface area contributed by atoms with Gasteiger partial charge in [-0.1, -0.05) is 15.9 Å². The van der Waals surface area contributed by atoms with E-state index in [1.165, 1.54) is 0 Å². The number of methoxy groups -OCH3 is 1. The molecule has 5 heteroatoms. The second-order valence-electron chi connectivity index (χ2n) is 6.22. The van der Waals surface area contributed by atoms with E-state index < -0.39 is 0 Å². The number of carbonyl (C=O) groups is 1. The number of benzene rings is 2. The standard InChI is InChI=1S/C21H20BrNO3/c1-13(23(2)3)11-19-20(21(24)14-5-7-15(22)8-6-14)17-12-16(25-4)9-10-18(17)26-19/h5-12H,1-4H3/b13-11+. The van der Waals surface area contributed by atoms with Gasteiger partial charge < -0.3 is 14.1 Å². The third-order valence-electron chi connectivity index (χ3n) is 4.30. The van der Waals surface area contributed by atoms with Crippen LogP contribution in [0.5, 0.6) is 5.75 Å². The molecule has 0 aliphatic rings. The Morgan fingerprint density at radius 3 is 2.46 bits per heavy atom. The van der Waals surface area contributed by atoms with E-state index in [0.717, 1.165) is 15.6 Å². The van der Waals surface area contributed by atoms with E-state index in [0.29, 0.717) is 28.2 Å². The van der Waals surface area contributed by atoms with Crippen molar-refractivity contribution in [3.63, 3.8) is 0 Å². The Bertz CT molecular complexity index is 984. The maximum absolute atomic E-state index is 13.2. The molecule has 0 unspecified atom stereocenters. The maximum Gasteiger partial charge on any atom is 0.197 e. The lowest BCUT2D eigenvalue weighted by Crippen LogP contribution is -2.08. The van der Waals surface area contributed by atoms with Crippen molar-refractivity contribution in [2.45, 2.75) is 6.92 Å². The average Bonchev–Trinajstić information content (AvgIpc) is 2.98. The molecule has 0 saturated heterocycles. The van der Waals surface area contributed by atoms with Crippen molar-refractivity contribution in [3.05, 3.63) is 69.5 Å². The fourth-order valence-corrected chi connectivity index (χ4v) is 2.89. The number of allylic oxidation sites excluding steroid dienone is 1. The lowest BCUT2D eigenvalue weighted by atomic mass is 9.99. The van der Waals surface area contributed by atoms with Crippen LogP contribution >= 0.6 is 15.9 Å². The minimum atomic E-state index is -0.0812. The molecule has 3 rings (SSSR count). The van der Waals surface area contributed by atoms with Crippen molar-refractivity contribution in [2.24, 2.45) is 0 Å². The molecule has 0 radical (unpaired) electrons. The molecule has 0 atom stereocenters. The number of ether oxygens (including phenoxy) is 1. The molecule has 0 bridgehead atoms. The summed E-state index contributed by atoms with van der Waals surface area (Å²) in [5, 5.41) is 0.745. The zero-order valence-corrected chi connectivity index (χ0v) is 16.8. The van der Waals surface area contributed by atoms with Gasteiger partial charge in [0.15, 0.2) is 5.78 Å². The van der Waals surface area contributed by atoms with Crippen molar-refractivity contribution in [1.29, 1.82) is 0 Å². The second kappa shape index (κ2) is 7.38. The fourth-order valence-electron chi connectivity index (χ4n) is 2.62. The summed E-state index contributed by atoms with van der Waals surface area (Å²) in [6.45, 7) is 1.97. The number of halogens is 1. The summed E-state index contributed by atoms with van der Waals surface area (Å²) in [5.74, 6) is 1.15. The molecule has 2 aromatic carbocycles. The first kappa shape index (κ1) is 18.3. The van der Waals surface area contributed by atoms with E-state index in [2.05, 4.69) is 15.9 Å². The molecule has 0 amide bonds.